The molecule has 8 heteroatoms. The van der Waals surface area contributed by atoms with Gasteiger partial charge in [-0.25, -0.2) is 0 Å². The van der Waals surface area contributed by atoms with Crippen molar-refractivity contribution in [1.29, 1.82) is 0 Å². The summed E-state index contributed by atoms with van der Waals surface area (Å²) in [6.07, 6.45) is 0. The number of fused-ring (bicyclic) bond motifs is 4. The Morgan fingerprint density at radius 2 is 1.12 bits per heavy atom. The lowest BCUT2D eigenvalue weighted by molar-refractivity contribution is -0.385. The molecule has 0 unspecified atom stereocenters. The molecule has 0 aromatic heterocycles. The molecule has 42 heavy (non-hydrogen) atoms. The van der Waals surface area contributed by atoms with Crippen LogP contribution in [0.4, 0.5) is 11.4 Å². The molecule has 0 aliphatic heterocycles. The van der Waals surface area contributed by atoms with Crippen molar-refractivity contribution in [3.8, 4) is 33.4 Å². The number of nitro groups is 2. The summed E-state index contributed by atoms with van der Waals surface area (Å²) in [5, 5.41) is 26.6. The number of hydrogen-bond donors (Lipinski definition) is 0. The maximum Gasteiger partial charge on any atom is 0.285 e. The van der Waals surface area contributed by atoms with Crippen LogP contribution in [-0.2, 0) is 0 Å². The first-order chi connectivity index (χ1) is 20.3. The molecule has 8 nitrogen and oxygen atoms in total. The van der Waals surface area contributed by atoms with Crippen LogP contribution >= 0.6 is 0 Å². The SMILES string of the molecule is O=C1c2ccccc2-c2cc(-c3cc4c5c(c([N+](=O)[O-])ccc5c3[N+](=O)[O-])C(=O)c3ccccc3-4)cc3cccc1c23. The largest absolute Gasteiger partial charge is 0.289 e. The summed E-state index contributed by atoms with van der Waals surface area (Å²) in [4.78, 5) is 50.5. The molecule has 0 saturated heterocycles. The van der Waals surface area contributed by atoms with Crippen LogP contribution < -0.4 is 0 Å². The van der Waals surface area contributed by atoms with Crippen LogP contribution in [0.5, 0.6) is 0 Å². The van der Waals surface area contributed by atoms with Gasteiger partial charge in [-0.2, -0.15) is 0 Å². The predicted octanol–water partition coefficient (Wildman–Crippen LogP) is 7.90. The summed E-state index contributed by atoms with van der Waals surface area (Å²) in [5.41, 5.74) is 4.09. The highest BCUT2D eigenvalue weighted by molar-refractivity contribution is 6.30. The van der Waals surface area contributed by atoms with Gasteiger partial charge in [0.25, 0.3) is 11.4 Å². The third kappa shape index (κ3) is 3.00. The minimum atomic E-state index is -0.630. The van der Waals surface area contributed by atoms with Crippen molar-refractivity contribution < 1.29 is 19.4 Å². The Kier molecular flexibility index (Phi) is 4.68. The van der Waals surface area contributed by atoms with Gasteiger partial charge in [-0.3, -0.25) is 29.8 Å². The third-order valence-electron chi connectivity index (χ3n) is 8.31. The Morgan fingerprint density at radius 1 is 0.500 bits per heavy atom. The van der Waals surface area contributed by atoms with E-state index >= 15 is 0 Å². The average Bonchev–Trinajstić information content (AvgIpc) is 3.01. The number of nitro benzene ring substituents is 2. The zero-order chi connectivity index (χ0) is 28.9. The minimum absolute atomic E-state index is 0.0760. The van der Waals surface area contributed by atoms with E-state index in [9.17, 15) is 29.8 Å². The maximum absolute atomic E-state index is 13.6. The van der Waals surface area contributed by atoms with Gasteiger partial charge >= 0.3 is 0 Å². The normalized spacial score (nSPS) is 12.8. The van der Waals surface area contributed by atoms with Crippen molar-refractivity contribution >= 4 is 44.5 Å². The van der Waals surface area contributed by atoms with Crippen LogP contribution in [0.2, 0.25) is 0 Å². The number of ketones is 2. The lowest BCUT2D eigenvalue weighted by Gasteiger charge is -2.23. The van der Waals surface area contributed by atoms with Gasteiger partial charge in [-0.05, 0) is 57.5 Å². The van der Waals surface area contributed by atoms with Gasteiger partial charge in [0, 0.05) is 33.5 Å². The Morgan fingerprint density at radius 3 is 1.79 bits per heavy atom. The van der Waals surface area contributed by atoms with E-state index < -0.39 is 21.3 Å². The molecule has 0 radical (unpaired) electrons. The van der Waals surface area contributed by atoms with Crippen LogP contribution in [0.3, 0.4) is 0 Å². The van der Waals surface area contributed by atoms with Gasteiger partial charge in [-0.15, -0.1) is 0 Å². The van der Waals surface area contributed by atoms with Crippen LogP contribution in [0.15, 0.2) is 97.1 Å². The molecular weight excluding hydrogens is 532 g/mol. The molecule has 0 bridgehead atoms. The summed E-state index contributed by atoms with van der Waals surface area (Å²) in [6.45, 7) is 0. The number of benzene rings is 6. The molecule has 6 aromatic rings. The van der Waals surface area contributed by atoms with Crippen molar-refractivity contribution in [1.82, 2.24) is 0 Å². The Bertz CT molecular complexity index is 2300. The second kappa shape index (κ2) is 8.25. The Labute approximate surface area is 236 Å². The lowest BCUT2D eigenvalue weighted by Crippen LogP contribution is -2.13. The van der Waals surface area contributed by atoms with E-state index in [1.54, 1.807) is 54.6 Å². The predicted molar refractivity (Wildman–Crippen MR) is 158 cm³/mol. The number of carbonyl (C=O) groups excluding carboxylic acids is 2. The third-order valence-corrected chi connectivity index (χ3v) is 8.31. The van der Waals surface area contributed by atoms with E-state index in [-0.39, 0.29) is 27.8 Å². The zero-order valence-corrected chi connectivity index (χ0v) is 21.6. The lowest BCUT2D eigenvalue weighted by atomic mass is 9.78. The first kappa shape index (κ1) is 23.8. The highest BCUT2D eigenvalue weighted by atomic mass is 16.6. The van der Waals surface area contributed by atoms with Crippen LogP contribution in [-0.4, -0.2) is 21.4 Å². The van der Waals surface area contributed by atoms with Gasteiger partial charge in [0.15, 0.2) is 5.78 Å². The topological polar surface area (TPSA) is 120 Å². The molecule has 0 spiro atoms. The first-order valence-corrected chi connectivity index (χ1v) is 13.1. The second-order valence-electron chi connectivity index (χ2n) is 10.4. The zero-order valence-electron chi connectivity index (χ0n) is 21.6. The van der Waals surface area contributed by atoms with Crippen LogP contribution in [0.1, 0.15) is 31.8 Å². The van der Waals surface area contributed by atoms with Crippen molar-refractivity contribution in [2.75, 3.05) is 0 Å². The summed E-state index contributed by atoms with van der Waals surface area (Å²) < 4.78 is 0. The number of nitrogens with zero attached hydrogens (tertiary/aromatic N) is 2. The second-order valence-corrected chi connectivity index (χ2v) is 10.4. The number of rotatable bonds is 3. The summed E-state index contributed by atoms with van der Waals surface area (Å²) in [5.74, 6) is -0.616. The molecule has 0 amide bonds. The molecule has 2 aliphatic rings. The first-order valence-electron chi connectivity index (χ1n) is 13.1. The van der Waals surface area contributed by atoms with E-state index in [2.05, 4.69) is 0 Å². The van der Waals surface area contributed by atoms with Crippen LogP contribution in [0.25, 0.3) is 54.9 Å². The standard InChI is InChI=1S/C34H16N2O6/c37-33-21-9-3-1-7-19(21)26-15-18(14-17-6-5-11-24(33)29(17)26)25-16-27-20-8-2-4-10-22(20)34(38)31-28(35(39)40)13-12-23(30(27)31)32(25)36(41)42/h1-16H. The van der Waals surface area contributed by atoms with Gasteiger partial charge in [0.1, 0.15) is 5.56 Å². The highest BCUT2D eigenvalue weighted by Crippen LogP contribution is 2.50. The smallest absolute Gasteiger partial charge is 0.285 e. The van der Waals surface area contributed by atoms with Crippen molar-refractivity contribution in [3.05, 3.63) is 140 Å². The fourth-order valence-electron chi connectivity index (χ4n) is 6.61. The fraction of sp³-hybridized carbons (Fsp3) is 0. The summed E-state index contributed by atoms with van der Waals surface area (Å²) in [6, 6.07) is 27.4. The minimum Gasteiger partial charge on any atom is -0.289 e. The molecule has 0 heterocycles. The molecular formula is C34H16N2O6. The molecule has 0 atom stereocenters. The van der Waals surface area contributed by atoms with Crippen LogP contribution in [0, 0.1) is 20.2 Å². The Balaban J connectivity index is 1.54. The maximum atomic E-state index is 13.6. The van der Waals surface area contributed by atoms with Crippen molar-refractivity contribution in [3.63, 3.8) is 0 Å². The molecule has 0 saturated carbocycles. The van der Waals surface area contributed by atoms with E-state index in [0.29, 0.717) is 38.9 Å². The van der Waals surface area contributed by atoms with Gasteiger partial charge in [-0.1, -0.05) is 66.7 Å². The van der Waals surface area contributed by atoms with E-state index in [0.717, 1.165) is 21.9 Å². The van der Waals surface area contributed by atoms with Gasteiger partial charge in [0.2, 0.25) is 5.78 Å². The molecule has 8 rings (SSSR count). The van der Waals surface area contributed by atoms with Gasteiger partial charge in [0.05, 0.1) is 20.8 Å². The Hall–Kier alpha value is -6.02. The van der Waals surface area contributed by atoms with Crippen molar-refractivity contribution in [2.45, 2.75) is 0 Å². The average molecular weight is 549 g/mol. The summed E-state index contributed by atoms with van der Waals surface area (Å²) >= 11 is 0. The number of hydrogen-bond acceptors (Lipinski definition) is 6. The van der Waals surface area contributed by atoms with Crippen molar-refractivity contribution in [2.24, 2.45) is 0 Å². The quantitative estimate of drug-likeness (QED) is 0.163. The summed E-state index contributed by atoms with van der Waals surface area (Å²) in [7, 11) is 0. The highest BCUT2D eigenvalue weighted by Gasteiger charge is 2.36. The number of carbonyl (C=O) groups is 2. The van der Waals surface area contributed by atoms with E-state index in [1.807, 2.05) is 30.3 Å². The van der Waals surface area contributed by atoms with Gasteiger partial charge < -0.3 is 0 Å². The molecule has 0 N–H and O–H groups in total. The molecule has 198 valence electrons. The molecule has 6 aromatic carbocycles. The monoisotopic (exact) mass is 548 g/mol. The molecule has 2 aliphatic carbocycles. The van der Waals surface area contributed by atoms with E-state index in [4.69, 9.17) is 0 Å². The van der Waals surface area contributed by atoms with E-state index in [1.165, 1.54) is 12.1 Å². The fourth-order valence-corrected chi connectivity index (χ4v) is 6.61. The molecule has 0 fully saturated rings.